The highest BCUT2D eigenvalue weighted by Crippen LogP contribution is 2.34. The van der Waals surface area contributed by atoms with Gasteiger partial charge in [-0.25, -0.2) is 0 Å². The molecule has 4 heteroatoms. The molecule has 1 aliphatic rings. The monoisotopic (exact) mass is 357 g/mol. The van der Waals surface area contributed by atoms with Gasteiger partial charge in [0.05, 0.1) is 5.92 Å². The smallest absolute Gasteiger partial charge is 0.307 e. The summed E-state index contributed by atoms with van der Waals surface area (Å²) in [6.45, 7) is 2.69. The molecule has 1 N–H and O–H groups in total. The number of halogens is 3. The van der Waals surface area contributed by atoms with Gasteiger partial charge in [-0.15, -0.1) is 0 Å². The van der Waals surface area contributed by atoms with E-state index in [1.807, 2.05) is 24.3 Å². The van der Waals surface area contributed by atoms with E-state index in [1.165, 1.54) is 28.5 Å². The maximum atomic E-state index is 12.8. The number of allylic oxidation sites excluding steroid dienone is 5. The molecule has 2 aromatic rings. The summed E-state index contributed by atoms with van der Waals surface area (Å²) in [5.41, 5.74) is 1.92. The van der Waals surface area contributed by atoms with Crippen molar-refractivity contribution in [1.82, 2.24) is 5.32 Å². The largest absolute Gasteiger partial charge is 0.395 e. The molecule has 0 aliphatic heterocycles. The summed E-state index contributed by atoms with van der Waals surface area (Å²) < 4.78 is 38.4. The quantitative estimate of drug-likeness (QED) is 0.680. The molecule has 2 unspecified atom stereocenters. The lowest BCUT2D eigenvalue weighted by molar-refractivity contribution is -0.160. The Hall–Kier alpha value is -2.33. The van der Waals surface area contributed by atoms with Gasteiger partial charge in [-0.3, -0.25) is 0 Å². The molecule has 0 heterocycles. The molecule has 136 valence electrons. The summed E-state index contributed by atoms with van der Waals surface area (Å²) >= 11 is 0. The van der Waals surface area contributed by atoms with Gasteiger partial charge in [0, 0.05) is 12.6 Å². The van der Waals surface area contributed by atoms with Crippen LogP contribution in [0.5, 0.6) is 0 Å². The maximum Gasteiger partial charge on any atom is 0.395 e. The molecule has 0 saturated heterocycles. The summed E-state index contributed by atoms with van der Waals surface area (Å²) in [6, 6.07) is 14.6. The van der Waals surface area contributed by atoms with E-state index >= 15 is 0 Å². The van der Waals surface area contributed by atoms with E-state index in [4.69, 9.17) is 0 Å². The second kappa shape index (κ2) is 7.92. The Labute approximate surface area is 151 Å². The van der Waals surface area contributed by atoms with Crippen LogP contribution in [-0.4, -0.2) is 12.7 Å². The first kappa shape index (κ1) is 18.5. The fraction of sp³-hybridized carbons (Fsp3) is 0.273. The average molecular weight is 357 g/mol. The molecule has 0 radical (unpaired) electrons. The normalized spacial score (nSPS) is 19.1. The summed E-state index contributed by atoms with van der Waals surface area (Å²) in [5, 5.41) is 5.83. The highest BCUT2D eigenvalue weighted by Gasteiger charge is 2.38. The minimum atomic E-state index is -4.18. The SMILES string of the molecule is CC(NCC=CC1=CC=CC(C(F)(F)F)C1)c1cccc2ccccc12. The van der Waals surface area contributed by atoms with Crippen LogP contribution in [0.15, 0.2) is 78.4 Å². The van der Waals surface area contributed by atoms with Gasteiger partial charge >= 0.3 is 6.18 Å². The minimum Gasteiger partial charge on any atom is -0.307 e. The van der Waals surface area contributed by atoms with E-state index in [9.17, 15) is 13.2 Å². The Morgan fingerprint density at radius 1 is 1.15 bits per heavy atom. The molecule has 1 aliphatic carbocycles. The van der Waals surface area contributed by atoms with E-state index in [1.54, 1.807) is 12.2 Å². The highest BCUT2D eigenvalue weighted by molar-refractivity contribution is 5.86. The fourth-order valence-electron chi connectivity index (χ4n) is 3.24. The first-order valence-electron chi connectivity index (χ1n) is 8.77. The fourth-order valence-corrected chi connectivity index (χ4v) is 3.24. The predicted molar refractivity (Wildman–Crippen MR) is 101 cm³/mol. The topological polar surface area (TPSA) is 12.0 Å². The van der Waals surface area contributed by atoms with Gasteiger partial charge in [-0.05, 0) is 35.3 Å². The highest BCUT2D eigenvalue weighted by atomic mass is 19.4. The van der Waals surface area contributed by atoms with E-state index in [0.29, 0.717) is 12.1 Å². The molecule has 0 amide bonds. The molecule has 3 rings (SSSR count). The van der Waals surface area contributed by atoms with Crippen molar-refractivity contribution < 1.29 is 13.2 Å². The third-order valence-corrected chi connectivity index (χ3v) is 4.69. The van der Waals surface area contributed by atoms with E-state index in [0.717, 1.165) is 0 Å². The molecule has 0 bridgehead atoms. The van der Waals surface area contributed by atoms with Crippen molar-refractivity contribution >= 4 is 10.8 Å². The van der Waals surface area contributed by atoms with Crippen molar-refractivity contribution in [2.45, 2.75) is 25.6 Å². The van der Waals surface area contributed by atoms with Gasteiger partial charge in [0.15, 0.2) is 0 Å². The van der Waals surface area contributed by atoms with Crippen LogP contribution in [0.3, 0.4) is 0 Å². The van der Waals surface area contributed by atoms with E-state index < -0.39 is 12.1 Å². The molecule has 26 heavy (non-hydrogen) atoms. The zero-order chi connectivity index (χ0) is 18.6. The van der Waals surface area contributed by atoms with Crippen LogP contribution in [-0.2, 0) is 0 Å². The van der Waals surface area contributed by atoms with Crippen molar-refractivity contribution in [3.05, 3.63) is 84.0 Å². The van der Waals surface area contributed by atoms with Gasteiger partial charge in [0.1, 0.15) is 0 Å². The average Bonchev–Trinajstić information content (AvgIpc) is 2.64. The summed E-state index contributed by atoms with van der Waals surface area (Å²) in [5.74, 6) is -1.38. The van der Waals surface area contributed by atoms with Crippen molar-refractivity contribution in [2.75, 3.05) is 6.54 Å². The van der Waals surface area contributed by atoms with Gasteiger partial charge in [-0.1, -0.05) is 72.8 Å². The zero-order valence-corrected chi connectivity index (χ0v) is 14.6. The van der Waals surface area contributed by atoms with Gasteiger partial charge in [0.25, 0.3) is 0 Å². The number of nitrogens with one attached hydrogen (secondary N) is 1. The van der Waals surface area contributed by atoms with E-state index in [-0.39, 0.29) is 12.5 Å². The summed E-state index contributed by atoms with van der Waals surface area (Å²) in [7, 11) is 0. The van der Waals surface area contributed by atoms with Crippen LogP contribution in [0.2, 0.25) is 0 Å². The molecular weight excluding hydrogens is 335 g/mol. The van der Waals surface area contributed by atoms with E-state index in [2.05, 4.69) is 36.5 Å². The molecule has 0 saturated carbocycles. The van der Waals surface area contributed by atoms with Crippen LogP contribution in [0.25, 0.3) is 10.8 Å². The minimum absolute atomic E-state index is 0.00930. The summed E-state index contributed by atoms with van der Waals surface area (Å²) in [6.07, 6.45) is 3.96. The first-order chi connectivity index (χ1) is 12.4. The Kier molecular flexibility index (Phi) is 5.62. The maximum absolute atomic E-state index is 12.8. The number of hydrogen-bond donors (Lipinski definition) is 1. The lowest BCUT2D eigenvalue weighted by atomic mass is 9.93. The molecule has 0 spiro atoms. The third-order valence-electron chi connectivity index (χ3n) is 4.69. The Morgan fingerprint density at radius 2 is 1.92 bits per heavy atom. The second-order valence-electron chi connectivity index (χ2n) is 6.58. The standard InChI is InChI=1S/C22H22F3N/c1-16(20-13-5-10-18-9-2-3-12-21(18)20)26-14-6-8-17-7-4-11-19(15-17)22(23,24)25/h2-13,16,19,26H,14-15H2,1H3. The molecular formula is C22H22F3N. The molecule has 1 nitrogen and oxygen atoms in total. The Morgan fingerprint density at radius 3 is 2.73 bits per heavy atom. The van der Waals surface area contributed by atoms with Crippen LogP contribution in [0, 0.1) is 5.92 Å². The number of benzene rings is 2. The van der Waals surface area contributed by atoms with Crippen LogP contribution in [0.1, 0.15) is 24.9 Å². The molecule has 0 aromatic heterocycles. The molecule has 2 aromatic carbocycles. The Balaban J connectivity index is 1.58. The first-order valence-corrected chi connectivity index (χ1v) is 8.77. The predicted octanol–water partition coefficient (Wildman–Crippen LogP) is 6.11. The van der Waals surface area contributed by atoms with Crippen LogP contribution >= 0.6 is 0 Å². The van der Waals surface area contributed by atoms with Crippen molar-refractivity contribution in [3.63, 3.8) is 0 Å². The Bertz CT molecular complexity index is 841. The van der Waals surface area contributed by atoms with Crippen molar-refractivity contribution in [3.8, 4) is 0 Å². The molecule has 0 fully saturated rings. The van der Waals surface area contributed by atoms with Gasteiger partial charge in [-0.2, -0.15) is 13.2 Å². The van der Waals surface area contributed by atoms with Crippen LogP contribution in [0.4, 0.5) is 13.2 Å². The lowest BCUT2D eigenvalue weighted by Gasteiger charge is -2.19. The number of fused-ring (bicyclic) bond motifs is 1. The van der Waals surface area contributed by atoms with Crippen molar-refractivity contribution in [2.24, 2.45) is 5.92 Å². The van der Waals surface area contributed by atoms with Crippen LogP contribution < -0.4 is 5.32 Å². The number of rotatable bonds is 5. The zero-order valence-electron chi connectivity index (χ0n) is 14.6. The third kappa shape index (κ3) is 4.44. The second-order valence-corrected chi connectivity index (χ2v) is 6.58. The van der Waals surface area contributed by atoms with Gasteiger partial charge in [0.2, 0.25) is 0 Å². The number of alkyl halides is 3. The van der Waals surface area contributed by atoms with Gasteiger partial charge < -0.3 is 5.32 Å². The molecule has 2 atom stereocenters. The summed E-state index contributed by atoms with van der Waals surface area (Å²) in [4.78, 5) is 0. The lowest BCUT2D eigenvalue weighted by Crippen LogP contribution is -2.22. The van der Waals surface area contributed by atoms with Crippen molar-refractivity contribution in [1.29, 1.82) is 0 Å². The number of hydrogen-bond acceptors (Lipinski definition) is 1.